The predicted octanol–water partition coefficient (Wildman–Crippen LogP) is 3.19. The number of nitrogens with zero attached hydrogens (tertiary/aromatic N) is 4. The van der Waals surface area contributed by atoms with Crippen molar-refractivity contribution in [3.63, 3.8) is 0 Å². The number of aromatic nitrogens is 4. The first-order valence-corrected chi connectivity index (χ1v) is 10.2. The largest absolute Gasteiger partial charge is 0.497 e. The maximum Gasteiger partial charge on any atom is 0.231 e. The summed E-state index contributed by atoms with van der Waals surface area (Å²) in [6.45, 7) is 2.10. The van der Waals surface area contributed by atoms with Crippen molar-refractivity contribution in [3.8, 4) is 5.75 Å². The molecule has 3 aromatic rings. The van der Waals surface area contributed by atoms with Crippen molar-refractivity contribution in [2.45, 2.75) is 19.4 Å². The number of nitrogens with one attached hydrogen (secondary N) is 3. The molecule has 0 saturated heterocycles. The SMILES string of the molecule is COc1cccc(Nc2nc(NC3C(C)C=CCC3C(=O)N(C)C)c3[nH]cnc3n2)c1. The Kier molecular flexibility index (Phi) is 5.75. The first-order chi connectivity index (χ1) is 15.0. The van der Waals surface area contributed by atoms with Gasteiger partial charge in [-0.25, -0.2) is 4.98 Å². The molecular weight excluding hydrogens is 394 g/mol. The van der Waals surface area contributed by atoms with Gasteiger partial charge in [-0.15, -0.1) is 0 Å². The number of aromatic amines is 1. The van der Waals surface area contributed by atoms with Crippen LogP contribution in [0.1, 0.15) is 13.3 Å². The van der Waals surface area contributed by atoms with Crippen molar-refractivity contribution in [3.05, 3.63) is 42.7 Å². The van der Waals surface area contributed by atoms with E-state index >= 15 is 0 Å². The fourth-order valence-corrected chi connectivity index (χ4v) is 3.87. The number of allylic oxidation sites excluding steroid dienone is 1. The van der Waals surface area contributed by atoms with E-state index in [2.05, 4.69) is 44.7 Å². The van der Waals surface area contributed by atoms with Crippen molar-refractivity contribution >= 4 is 34.5 Å². The second-order valence-corrected chi connectivity index (χ2v) is 7.89. The molecule has 1 aliphatic rings. The molecular formula is C22H27N7O2. The molecule has 3 N–H and O–H groups in total. The Bertz CT molecular complexity index is 1110. The highest BCUT2D eigenvalue weighted by Gasteiger charge is 2.34. The summed E-state index contributed by atoms with van der Waals surface area (Å²) >= 11 is 0. The zero-order valence-electron chi connectivity index (χ0n) is 18.1. The van der Waals surface area contributed by atoms with Crippen molar-refractivity contribution < 1.29 is 9.53 Å². The van der Waals surface area contributed by atoms with E-state index in [1.54, 1.807) is 32.4 Å². The van der Waals surface area contributed by atoms with E-state index in [0.717, 1.165) is 11.4 Å². The Hall–Kier alpha value is -3.62. The molecule has 1 amide bonds. The van der Waals surface area contributed by atoms with Crippen LogP contribution in [-0.2, 0) is 4.79 Å². The van der Waals surface area contributed by atoms with Gasteiger partial charge in [0.2, 0.25) is 11.9 Å². The minimum Gasteiger partial charge on any atom is -0.497 e. The molecule has 2 heterocycles. The van der Waals surface area contributed by atoms with Crippen LogP contribution in [0.3, 0.4) is 0 Å². The van der Waals surface area contributed by atoms with Crippen molar-refractivity contribution in [2.75, 3.05) is 31.8 Å². The monoisotopic (exact) mass is 421 g/mol. The molecule has 3 atom stereocenters. The van der Waals surface area contributed by atoms with Gasteiger partial charge in [-0.3, -0.25) is 4.79 Å². The summed E-state index contributed by atoms with van der Waals surface area (Å²) < 4.78 is 5.29. The fraction of sp³-hybridized carbons (Fsp3) is 0.364. The first kappa shape index (κ1) is 20.6. The number of ether oxygens (including phenoxy) is 1. The van der Waals surface area contributed by atoms with Gasteiger partial charge in [-0.1, -0.05) is 25.1 Å². The van der Waals surface area contributed by atoms with Gasteiger partial charge < -0.3 is 25.3 Å². The maximum atomic E-state index is 12.8. The van der Waals surface area contributed by atoms with Crippen LogP contribution in [0.15, 0.2) is 42.7 Å². The summed E-state index contributed by atoms with van der Waals surface area (Å²) in [6.07, 6.45) is 6.49. The highest BCUT2D eigenvalue weighted by atomic mass is 16.5. The molecule has 9 nitrogen and oxygen atoms in total. The van der Waals surface area contributed by atoms with Gasteiger partial charge in [0.05, 0.1) is 19.4 Å². The molecule has 0 aliphatic heterocycles. The Morgan fingerprint density at radius 1 is 1.29 bits per heavy atom. The number of rotatable bonds is 6. The van der Waals surface area contributed by atoms with E-state index in [1.807, 2.05) is 24.3 Å². The number of H-pyrrole nitrogens is 1. The number of hydrogen-bond donors (Lipinski definition) is 3. The third kappa shape index (κ3) is 4.30. The molecule has 0 radical (unpaired) electrons. The lowest BCUT2D eigenvalue weighted by Crippen LogP contribution is -2.45. The van der Waals surface area contributed by atoms with Crippen LogP contribution in [0.5, 0.6) is 5.75 Å². The van der Waals surface area contributed by atoms with Crippen LogP contribution in [0, 0.1) is 11.8 Å². The van der Waals surface area contributed by atoms with E-state index in [-0.39, 0.29) is 23.8 Å². The lowest BCUT2D eigenvalue weighted by molar-refractivity contribution is -0.133. The fourth-order valence-electron chi connectivity index (χ4n) is 3.87. The van der Waals surface area contributed by atoms with Crippen LogP contribution < -0.4 is 15.4 Å². The number of hydrogen-bond acceptors (Lipinski definition) is 7. The summed E-state index contributed by atoms with van der Waals surface area (Å²) in [7, 11) is 5.20. The van der Waals surface area contributed by atoms with Gasteiger partial charge >= 0.3 is 0 Å². The molecule has 1 aliphatic carbocycles. The van der Waals surface area contributed by atoms with E-state index in [9.17, 15) is 4.79 Å². The number of imidazole rings is 1. The number of methoxy groups -OCH3 is 1. The molecule has 2 aromatic heterocycles. The molecule has 0 fully saturated rings. The quantitative estimate of drug-likeness (QED) is 0.525. The average Bonchev–Trinajstić information content (AvgIpc) is 3.23. The second kappa shape index (κ2) is 8.63. The predicted molar refractivity (Wildman–Crippen MR) is 120 cm³/mol. The molecule has 3 unspecified atom stereocenters. The Labute approximate surface area is 180 Å². The maximum absolute atomic E-state index is 12.8. The average molecular weight is 422 g/mol. The summed E-state index contributed by atoms with van der Waals surface area (Å²) in [5.41, 5.74) is 2.04. The van der Waals surface area contributed by atoms with Crippen LogP contribution in [-0.4, -0.2) is 58.0 Å². The Morgan fingerprint density at radius 3 is 2.90 bits per heavy atom. The number of benzene rings is 1. The number of carbonyl (C=O) groups excluding carboxylic acids is 1. The Morgan fingerprint density at radius 2 is 2.13 bits per heavy atom. The molecule has 0 spiro atoms. The minimum atomic E-state index is -0.183. The molecule has 9 heteroatoms. The normalized spacial score (nSPS) is 20.5. The van der Waals surface area contributed by atoms with Gasteiger partial charge in [0.1, 0.15) is 11.3 Å². The van der Waals surface area contributed by atoms with Crippen molar-refractivity contribution in [1.29, 1.82) is 0 Å². The topological polar surface area (TPSA) is 108 Å². The first-order valence-electron chi connectivity index (χ1n) is 10.2. The summed E-state index contributed by atoms with van der Waals surface area (Å²) in [4.78, 5) is 31.1. The standard InChI is InChI=1S/C22H27N7O2/c1-13-7-5-10-16(21(30)29(2)3)17(13)26-20-18-19(24-12-23-18)27-22(28-20)25-14-8-6-9-15(11-14)31-4/h5-9,11-13,16-17H,10H2,1-4H3,(H3,23,24,25,26,27,28). The van der Waals surface area contributed by atoms with E-state index in [0.29, 0.717) is 29.4 Å². The van der Waals surface area contributed by atoms with Crippen LogP contribution >= 0.6 is 0 Å². The molecule has 0 saturated carbocycles. The van der Waals surface area contributed by atoms with Gasteiger partial charge in [0, 0.05) is 31.9 Å². The van der Waals surface area contributed by atoms with Crippen molar-refractivity contribution in [1.82, 2.24) is 24.8 Å². The minimum absolute atomic E-state index is 0.0957. The summed E-state index contributed by atoms with van der Waals surface area (Å²) in [5, 5.41) is 6.72. The van der Waals surface area contributed by atoms with E-state index in [1.165, 1.54) is 0 Å². The third-order valence-electron chi connectivity index (χ3n) is 5.50. The summed E-state index contributed by atoms with van der Waals surface area (Å²) in [6, 6.07) is 7.43. The van der Waals surface area contributed by atoms with Crippen molar-refractivity contribution in [2.24, 2.45) is 11.8 Å². The smallest absolute Gasteiger partial charge is 0.231 e. The molecule has 162 valence electrons. The Balaban J connectivity index is 1.67. The van der Waals surface area contributed by atoms with Crippen LogP contribution in [0.2, 0.25) is 0 Å². The molecule has 0 bridgehead atoms. The zero-order chi connectivity index (χ0) is 22.0. The highest BCUT2D eigenvalue weighted by molar-refractivity contribution is 5.85. The van der Waals surface area contributed by atoms with Gasteiger partial charge in [-0.2, -0.15) is 9.97 Å². The lowest BCUT2D eigenvalue weighted by atomic mass is 9.81. The number of amides is 1. The highest BCUT2D eigenvalue weighted by Crippen LogP contribution is 2.30. The molecule has 4 rings (SSSR count). The zero-order valence-corrected chi connectivity index (χ0v) is 18.1. The van der Waals surface area contributed by atoms with Crippen LogP contribution in [0.25, 0.3) is 11.2 Å². The molecule has 31 heavy (non-hydrogen) atoms. The van der Waals surface area contributed by atoms with Gasteiger partial charge in [-0.05, 0) is 24.5 Å². The third-order valence-corrected chi connectivity index (χ3v) is 5.50. The lowest BCUT2D eigenvalue weighted by Gasteiger charge is -2.34. The van der Waals surface area contributed by atoms with E-state index < -0.39 is 0 Å². The summed E-state index contributed by atoms with van der Waals surface area (Å²) in [5.74, 6) is 1.82. The van der Waals surface area contributed by atoms with E-state index in [4.69, 9.17) is 9.72 Å². The number of fused-ring (bicyclic) bond motifs is 1. The van der Waals surface area contributed by atoms with Gasteiger partial charge in [0.25, 0.3) is 0 Å². The van der Waals surface area contributed by atoms with Gasteiger partial charge in [0.15, 0.2) is 11.5 Å². The second-order valence-electron chi connectivity index (χ2n) is 7.89. The number of anilines is 3. The number of carbonyl (C=O) groups is 1. The van der Waals surface area contributed by atoms with Crippen LogP contribution in [0.4, 0.5) is 17.5 Å². The molecule has 1 aromatic carbocycles.